The second kappa shape index (κ2) is 7.78. The Bertz CT molecular complexity index is 1140. The average Bonchev–Trinajstić information content (AvgIpc) is 2.96. The Balaban J connectivity index is 1.98. The molecule has 0 unspecified atom stereocenters. The number of carbonyl (C=O) groups excluding carboxylic acids is 1. The van der Waals surface area contributed by atoms with Gasteiger partial charge < -0.3 is 10.4 Å². The zero-order valence-corrected chi connectivity index (χ0v) is 17.2. The lowest BCUT2D eigenvalue weighted by molar-refractivity contribution is -0.114. The van der Waals surface area contributed by atoms with Crippen molar-refractivity contribution in [2.75, 3.05) is 10.0 Å². The fourth-order valence-corrected chi connectivity index (χ4v) is 5.05. The Labute approximate surface area is 171 Å². The maximum absolute atomic E-state index is 12.8. The molecule has 3 aromatic rings. The molecule has 0 bridgehead atoms. The molecule has 0 saturated heterocycles. The molecule has 0 aliphatic heterocycles. The molecule has 0 saturated carbocycles. The highest BCUT2D eigenvalue weighted by molar-refractivity contribution is 7.92. The van der Waals surface area contributed by atoms with Crippen LogP contribution in [-0.2, 0) is 14.8 Å². The maximum Gasteiger partial charge on any atom is 0.263 e. The molecule has 0 atom stereocenters. The molecule has 28 heavy (non-hydrogen) atoms. The highest BCUT2D eigenvalue weighted by atomic mass is 35.5. The van der Waals surface area contributed by atoms with E-state index in [1.54, 1.807) is 13.0 Å². The van der Waals surface area contributed by atoms with Gasteiger partial charge in [0.15, 0.2) is 5.13 Å². The van der Waals surface area contributed by atoms with E-state index in [4.69, 9.17) is 11.6 Å². The Morgan fingerprint density at radius 3 is 2.50 bits per heavy atom. The quantitative estimate of drug-likeness (QED) is 0.517. The molecule has 7 nitrogen and oxygen atoms in total. The van der Waals surface area contributed by atoms with Gasteiger partial charge >= 0.3 is 0 Å². The van der Waals surface area contributed by atoms with Gasteiger partial charge in [-0.1, -0.05) is 29.0 Å². The third-order valence-electron chi connectivity index (χ3n) is 3.68. The first-order valence-electron chi connectivity index (χ1n) is 8.02. The van der Waals surface area contributed by atoms with Gasteiger partial charge in [0.2, 0.25) is 5.91 Å². The fraction of sp³-hybridized carbons (Fsp3) is 0.111. The Kier molecular flexibility index (Phi) is 5.59. The van der Waals surface area contributed by atoms with E-state index in [2.05, 4.69) is 15.0 Å². The zero-order chi connectivity index (χ0) is 20.5. The van der Waals surface area contributed by atoms with Gasteiger partial charge in [0.1, 0.15) is 10.6 Å². The predicted octanol–water partition coefficient (Wildman–Crippen LogP) is 4.24. The molecule has 3 N–H and O–H groups in total. The monoisotopic (exact) mass is 437 g/mol. The highest BCUT2D eigenvalue weighted by Crippen LogP contribution is 2.36. The van der Waals surface area contributed by atoms with Gasteiger partial charge in [0.05, 0.1) is 15.6 Å². The largest absolute Gasteiger partial charge is 0.508 e. The standard InChI is InChI=1S/C18H16ClN3O4S2/c1-10-17(27-18(20-10)21-11(2)23)12-3-8-15(19)16(9-12)28(25,26)22-13-4-6-14(24)7-5-13/h3-9,22,24H,1-2H3,(H,20,21,23). The number of aryl methyl sites for hydroxylation is 1. The van der Waals surface area contributed by atoms with Crippen LogP contribution in [0.25, 0.3) is 10.4 Å². The molecule has 1 heterocycles. The van der Waals surface area contributed by atoms with Gasteiger partial charge in [0, 0.05) is 12.6 Å². The lowest BCUT2D eigenvalue weighted by Crippen LogP contribution is -2.13. The van der Waals surface area contributed by atoms with Crippen molar-refractivity contribution in [3.63, 3.8) is 0 Å². The smallest absolute Gasteiger partial charge is 0.263 e. The van der Waals surface area contributed by atoms with Crippen LogP contribution in [0.4, 0.5) is 10.8 Å². The number of thiazole rings is 1. The number of benzene rings is 2. The number of amides is 1. The second-order valence-corrected chi connectivity index (χ2v) is 8.97. The van der Waals surface area contributed by atoms with Crippen molar-refractivity contribution in [2.24, 2.45) is 0 Å². The van der Waals surface area contributed by atoms with Crippen LogP contribution in [0.15, 0.2) is 47.4 Å². The fourth-order valence-electron chi connectivity index (χ4n) is 2.46. The molecule has 0 aliphatic carbocycles. The van der Waals surface area contributed by atoms with Crippen molar-refractivity contribution in [2.45, 2.75) is 18.7 Å². The van der Waals surface area contributed by atoms with Gasteiger partial charge in [-0.3, -0.25) is 9.52 Å². The zero-order valence-electron chi connectivity index (χ0n) is 14.9. The van der Waals surface area contributed by atoms with Crippen LogP contribution in [0, 0.1) is 6.92 Å². The summed E-state index contributed by atoms with van der Waals surface area (Å²) >= 11 is 7.39. The molecule has 0 fully saturated rings. The van der Waals surface area contributed by atoms with Crippen molar-refractivity contribution in [1.82, 2.24) is 4.98 Å². The van der Waals surface area contributed by atoms with Crippen molar-refractivity contribution >= 4 is 49.7 Å². The predicted molar refractivity (Wildman–Crippen MR) is 111 cm³/mol. The van der Waals surface area contributed by atoms with E-state index in [0.29, 0.717) is 22.1 Å². The van der Waals surface area contributed by atoms with Crippen LogP contribution in [0.1, 0.15) is 12.6 Å². The van der Waals surface area contributed by atoms with E-state index in [9.17, 15) is 18.3 Å². The molecular weight excluding hydrogens is 422 g/mol. The molecule has 1 amide bonds. The van der Waals surface area contributed by atoms with Gasteiger partial charge in [-0.25, -0.2) is 13.4 Å². The number of rotatable bonds is 5. The van der Waals surface area contributed by atoms with Crippen molar-refractivity contribution < 1.29 is 18.3 Å². The summed E-state index contributed by atoms with van der Waals surface area (Å²) in [4.78, 5) is 16.1. The lowest BCUT2D eigenvalue weighted by atomic mass is 10.2. The number of phenols is 1. The van der Waals surface area contributed by atoms with Crippen LogP contribution in [0.2, 0.25) is 5.02 Å². The Morgan fingerprint density at radius 2 is 1.86 bits per heavy atom. The number of aromatic hydroxyl groups is 1. The minimum Gasteiger partial charge on any atom is -0.508 e. The van der Waals surface area contributed by atoms with E-state index in [1.165, 1.54) is 54.7 Å². The average molecular weight is 438 g/mol. The normalized spacial score (nSPS) is 11.2. The first kappa shape index (κ1) is 20.1. The van der Waals surface area contributed by atoms with E-state index in [0.717, 1.165) is 4.88 Å². The summed E-state index contributed by atoms with van der Waals surface area (Å²) < 4.78 is 28.0. The molecule has 0 radical (unpaired) electrons. The number of phenolic OH excluding ortho intramolecular Hbond substituents is 1. The van der Waals surface area contributed by atoms with Crippen LogP contribution in [0.3, 0.4) is 0 Å². The van der Waals surface area contributed by atoms with E-state index in [-0.39, 0.29) is 21.6 Å². The molecule has 2 aromatic carbocycles. The molecule has 0 aliphatic rings. The summed E-state index contributed by atoms with van der Waals surface area (Å²) in [5.41, 5.74) is 1.56. The number of anilines is 2. The summed E-state index contributed by atoms with van der Waals surface area (Å²) in [5, 5.41) is 12.5. The van der Waals surface area contributed by atoms with Gasteiger partial charge in [-0.15, -0.1) is 0 Å². The molecule has 1 aromatic heterocycles. The maximum atomic E-state index is 12.8. The van der Waals surface area contributed by atoms with E-state index < -0.39 is 10.0 Å². The molecule has 3 rings (SSSR count). The van der Waals surface area contributed by atoms with E-state index >= 15 is 0 Å². The lowest BCUT2D eigenvalue weighted by Gasteiger charge is -2.11. The Hall–Kier alpha value is -2.62. The topological polar surface area (TPSA) is 108 Å². The van der Waals surface area contributed by atoms with Crippen LogP contribution < -0.4 is 10.0 Å². The third kappa shape index (κ3) is 4.44. The SMILES string of the molecule is CC(=O)Nc1nc(C)c(-c2ccc(Cl)c(S(=O)(=O)Nc3ccc(O)cc3)c2)s1. The number of nitrogens with zero attached hydrogens (tertiary/aromatic N) is 1. The number of aromatic nitrogens is 1. The number of sulfonamides is 1. The van der Waals surface area contributed by atoms with Crippen molar-refractivity contribution in [3.05, 3.63) is 53.2 Å². The van der Waals surface area contributed by atoms with Gasteiger partial charge in [-0.05, 0) is 48.9 Å². The number of halogens is 1. The van der Waals surface area contributed by atoms with Gasteiger partial charge in [0.25, 0.3) is 10.0 Å². The molecule has 146 valence electrons. The minimum atomic E-state index is -3.96. The summed E-state index contributed by atoms with van der Waals surface area (Å²) in [6, 6.07) is 10.3. The van der Waals surface area contributed by atoms with Crippen LogP contribution in [-0.4, -0.2) is 24.4 Å². The third-order valence-corrected chi connectivity index (χ3v) is 6.67. The number of nitrogens with one attached hydrogen (secondary N) is 2. The number of carbonyl (C=O) groups is 1. The van der Waals surface area contributed by atoms with Crippen molar-refractivity contribution in [1.29, 1.82) is 0 Å². The minimum absolute atomic E-state index is 0.0265. The Morgan fingerprint density at radius 1 is 1.18 bits per heavy atom. The van der Waals surface area contributed by atoms with Gasteiger partial charge in [-0.2, -0.15) is 0 Å². The summed E-state index contributed by atoms with van der Waals surface area (Å²) in [6.45, 7) is 3.16. The number of hydrogen-bond acceptors (Lipinski definition) is 6. The second-order valence-electron chi connectivity index (χ2n) is 5.91. The molecule has 0 spiro atoms. The van der Waals surface area contributed by atoms with Crippen molar-refractivity contribution in [3.8, 4) is 16.2 Å². The highest BCUT2D eigenvalue weighted by Gasteiger charge is 2.21. The van der Waals surface area contributed by atoms with Crippen LogP contribution in [0.5, 0.6) is 5.75 Å². The first-order chi connectivity index (χ1) is 13.2. The van der Waals surface area contributed by atoms with E-state index in [1.807, 2.05) is 0 Å². The summed E-state index contributed by atoms with van der Waals surface area (Å²) in [5.74, 6) is -0.212. The molecular formula is C18H16ClN3O4S2. The first-order valence-corrected chi connectivity index (χ1v) is 10.7. The summed E-state index contributed by atoms with van der Waals surface area (Å²) in [7, 11) is -3.96. The molecule has 10 heteroatoms. The summed E-state index contributed by atoms with van der Waals surface area (Å²) in [6.07, 6.45) is 0. The van der Waals surface area contributed by atoms with Crippen LogP contribution >= 0.6 is 22.9 Å². The number of hydrogen-bond donors (Lipinski definition) is 3.